The monoisotopic (exact) mass is 522 g/mol. The van der Waals surface area contributed by atoms with Crippen LogP contribution in [0.3, 0.4) is 0 Å². The zero-order chi connectivity index (χ0) is 23.7. The highest BCUT2D eigenvalue weighted by molar-refractivity contribution is 9.10. The van der Waals surface area contributed by atoms with Crippen LogP contribution >= 0.6 is 27.5 Å². The number of halogens is 2. The lowest BCUT2D eigenvalue weighted by molar-refractivity contribution is -0.143. The standard InChI is InChI=1S/C25H32BrClN2O3/c1-5-13-28-25(31)22(6-2)29(15-19-9-7-8-10-21(19)27)24(30)16-32-23-12-11-18(17(3)4)14-20(23)26/h7-12,14,17,22H,5-6,13,15-16H2,1-4H3,(H,28,31). The predicted octanol–water partition coefficient (Wildman–Crippen LogP) is 5.94. The van der Waals surface area contributed by atoms with Crippen molar-refractivity contribution < 1.29 is 14.3 Å². The van der Waals surface area contributed by atoms with E-state index in [1.165, 1.54) is 5.56 Å². The molecule has 0 aliphatic heterocycles. The minimum atomic E-state index is -0.610. The number of nitrogens with one attached hydrogen (secondary N) is 1. The number of ether oxygens (including phenoxy) is 1. The summed E-state index contributed by atoms with van der Waals surface area (Å²) in [5, 5.41) is 3.46. The molecule has 1 unspecified atom stereocenters. The topological polar surface area (TPSA) is 58.6 Å². The van der Waals surface area contributed by atoms with Crippen molar-refractivity contribution in [3.63, 3.8) is 0 Å². The number of carbonyl (C=O) groups excluding carboxylic acids is 2. The fourth-order valence-corrected chi connectivity index (χ4v) is 4.02. The largest absolute Gasteiger partial charge is 0.483 e. The number of nitrogens with zero attached hydrogens (tertiary/aromatic N) is 1. The fraction of sp³-hybridized carbons (Fsp3) is 0.440. The average Bonchev–Trinajstić information content (AvgIpc) is 2.77. The van der Waals surface area contributed by atoms with E-state index in [4.69, 9.17) is 16.3 Å². The number of hydrogen-bond donors (Lipinski definition) is 1. The van der Waals surface area contributed by atoms with E-state index in [9.17, 15) is 9.59 Å². The van der Waals surface area contributed by atoms with Crippen LogP contribution in [0.2, 0.25) is 5.02 Å². The zero-order valence-electron chi connectivity index (χ0n) is 19.2. The predicted molar refractivity (Wildman–Crippen MR) is 133 cm³/mol. The molecule has 7 heteroatoms. The Hall–Kier alpha value is -2.05. The Morgan fingerprint density at radius 2 is 1.88 bits per heavy atom. The molecule has 2 amide bonds. The van der Waals surface area contributed by atoms with Crippen molar-refractivity contribution in [3.8, 4) is 5.75 Å². The van der Waals surface area contributed by atoms with Crippen molar-refractivity contribution in [1.29, 1.82) is 0 Å². The zero-order valence-corrected chi connectivity index (χ0v) is 21.5. The summed E-state index contributed by atoms with van der Waals surface area (Å²) in [5.74, 6) is 0.532. The Labute approximate surface area is 204 Å². The van der Waals surface area contributed by atoms with Crippen molar-refractivity contribution in [3.05, 3.63) is 63.1 Å². The maximum atomic E-state index is 13.3. The molecule has 0 heterocycles. The highest BCUT2D eigenvalue weighted by Gasteiger charge is 2.29. The third kappa shape index (κ3) is 7.24. The fourth-order valence-electron chi connectivity index (χ4n) is 3.31. The van der Waals surface area contributed by atoms with Gasteiger partial charge in [-0.1, -0.05) is 63.6 Å². The SMILES string of the molecule is CCCNC(=O)C(CC)N(Cc1ccccc1Cl)C(=O)COc1ccc(C(C)C)cc1Br. The van der Waals surface area contributed by atoms with Crippen LogP contribution < -0.4 is 10.1 Å². The van der Waals surface area contributed by atoms with Crippen molar-refractivity contribution in [2.24, 2.45) is 0 Å². The molecule has 2 aromatic rings. The first-order chi connectivity index (χ1) is 15.3. The summed E-state index contributed by atoms with van der Waals surface area (Å²) in [7, 11) is 0. The van der Waals surface area contributed by atoms with Gasteiger partial charge in [-0.25, -0.2) is 0 Å². The van der Waals surface area contributed by atoms with E-state index in [0.29, 0.717) is 29.7 Å². The summed E-state index contributed by atoms with van der Waals surface area (Å²) in [6.45, 7) is 8.74. The summed E-state index contributed by atoms with van der Waals surface area (Å²) in [6.07, 6.45) is 1.31. The van der Waals surface area contributed by atoms with Gasteiger partial charge in [-0.05, 0) is 64.0 Å². The van der Waals surface area contributed by atoms with Gasteiger partial charge in [-0.2, -0.15) is 0 Å². The second-order valence-electron chi connectivity index (χ2n) is 7.96. The molecule has 0 bridgehead atoms. The summed E-state index contributed by atoms with van der Waals surface area (Å²) in [5.41, 5.74) is 1.96. The van der Waals surface area contributed by atoms with E-state index in [-0.39, 0.29) is 25.0 Å². The number of rotatable bonds is 11. The van der Waals surface area contributed by atoms with E-state index in [1.807, 2.05) is 50.2 Å². The van der Waals surface area contributed by atoms with E-state index in [1.54, 1.807) is 11.0 Å². The lowest BCUT2D eigenvalue weighted by atomic mass is 10.0. The van der Waals surface area contributed by atoms with Gasteiger partial charge in [0.05, 0.1) is 4.47 Å². The van der Waals surface area contributed by atoms with Gasteiger partial charge in [0.2, 0.25) is 5.91 Å². The molecule has 32 heavy (non-hydrogen) atoms. The van der Waals surface area contributed by atoms with E-state index < -0.39 is 6.04 Å². The molecule has 0 radical (unpaired) electrons. The van der Waals surface area contributed by atoms with Crippen molar-refractivity contribution in [1.82, 2.24) is 10.2 Å². The lowest BCUT2D eigenvalue weighted by Gasteiger charge is -2.31. The van der Waals surface area contributed by atoms with Crippen LogP contribution in [-0.4, -0.2) is 35.9 Å². The average molecular weight is 524 g/mol. The van der Waals surface area contributed by atoms with E-state index >= 15 is 0 Å². The molecule has 5 nitrogen and oxygen atoms in total. The molecule has 1 atom stereocenters. The molecule has 0 aliphatic rings. The number of amides is 2. The Morgan fingerprint density at radius 3 is 2.47 bits per heavy atom. The third-order valence-corrected chi connectivity index (χ3v) is 6.20. The quantitative estimate of drug-likeness (QED) is 0.397. The molecule has 0 saturated carbocycles. The van der Waals surface area contributed by atoms with Gasteiger partial charge in [0.15, 0.2) is 6.61 Å². The van der Waals surface area contributed by atoms with Gasteiger partial charge in [-0.3, -0.25) is 9.59 Å². The molecule has 0 aromatic heterocycles. The van der Waals surface area contributed by atoms with Crippen LogP contribution in [0.25, 0.3) is 0 Å². The highest BCUT2D eigenvalue weighted by atomic mass is 79.9. The molecule has 1 N–H and O–H groups in total. The van der Waals surface area contributed by atoms with Crippen LogP contribution in [0, 0.1) is 0 Å². The van der Waals surface area contributed by atoms with Crippen LogP contribution in [0.4, 0.5) is 0 Å². The first-order valence-corrected chi connectivity index (χ1v) is 12.2. The van der Waals surface area contributed by atoms with Gasteiger partial charge in [0, 0.05) is 18.1 Å². The van der Waals surface area contributed by atoms with Gasteiger partial charge < -0.3 is 15.0 Å². The summed E-state index contributed by atoms with van der Waals surface area (Å²) < 4.78 is 6.63. The second-order valence-corrected chi connectivity index (χ2v) is 9.22. The summed E-state index contributed by atoms with van der Waals surface area (Å²) >= 11 is 9.87. The Morgan fingerprint density at radius 1 is 1.16 bits per heavy atom. The minimum absolute atomic E-state index is 0.169. The number of benzene rings is 2. The number of carbonyl (C=O) groups is 2. The smallest absolute Gasteiger partial charge is 0.261 e. The summed E-state index contributed by atoms with van der Waals surface area (Å²) in [4.78, 5) is 27.6. The lowest BCUT2D eigenvalue weighted by Crippen LogP contribution is -2.50. The Balaban J connectivity index is 2.22. The molecule has 0 spiro atoms. The van der Waals surface area contributed by atoms with Crippen molar-refractivity contribution in [2.75, 3.05) is 13.2 Å². The van der Waals surface area contributed by atoms with E-state index in [2.05, 4.69) is 35.1 Å². The first kappa shape index (κ1) is 26.2. The molecule has 2 rings (SSSR count). The van der Waals surface area contributed by atoms with Gasteiger partial charge >= 0.3 is 0 Å². The van der Waals surface area contributed by atoms with Crippen LogP contribution in [0.1, 0.15) is 57.6 Å². The maximum absolute atomic E-state index is 13.3. The van der Waals surface area contributed by atoms with Gasteiger partial charge in [0.25, 0.3) is 5.91 Å². The first-order valence-electron chi connectivity index (χ1n) is 11.0. The Kier molecular flexibility index (Phi) is 10.5. The molecule has 0 saturated heterocycles. The second kappa shape index (κ2) is 12.9. The maximum Gasteiger partial charge on any atom is 0.261 e. The summed E-state index contributed by atoms with van der Waals surface area (Å²) in [6, 6.07) is 12.6. The minimum Gasteiger partial charge on any atom is -0.483 e. The number of hydrogen-bond acceptors (Lipinski definition) is 3. The van der Waals surface area contributed by atoms with Crippen molar-refractivity contribution >= 4 is 39.3 Å². The van der Waals surface area contributed by atoms with Crippen molar-refractivity contribution in [2.45, 2.75) is 59.0 Å². The van der Waals surface area contributed by atoms with Crippen LogP contribution in [0.15, 0.2) is 46.9 Å². The third-order valence-electron chi connectivity index (χ3n) is 5.21. The Bertz CT molecular complexity index is 920. The molecular formula is C25H32BrClN2O3. The van der Waals surface area contributed by atoms with Gasteiger partial charge in [0.1, 0.15) is 11.8 Å². The van der Waals surface area contributed by atoms with E-state index in [0.717, 1.165) is 16.5 Å². The molecular weight excluding hydrogens is 492 g/mol. The normalized spacial score (nSPS) is 11.8. The molecule has 174 valence electrons. The molecule has 0 fully saturated rings. The van der Waals surface area contributed by atoms with Crippen LogP contribution in [0.5, 0.6) is 5.75 Å². The highest BCUT2D eigenvalue weighted by Crippen LogP contribution is 2.29. The molecule has 0 aliphatic carbocycles. The van der Waals surface area contributed by atoms with Gasteiger partial charge in [-0.15, -0.1) is 0 Å². The molecule has 2 aromatic carbocycles. The van der Waals surface area contributed by atoms with Crippen LogP contribution in [-0.2, 0) is 16.1 Å².